The largest absolute Gasteiger partial charge is 0.481 e. The van der Waals surface area contributed by atoms with E-state index in [9.17, 15) is 4.79 Å². The highest BCUT2D eigenvalue weighted by atomic mass is 16.4. The number of rotatable bonds is 5. The van der Waals surface area contributed by atoms with Crippen molar-refractivity contribution in [3.8, 4) is 0 Å². The van der Waals surface area contributed by atoms with Crippen LogP contribution in [0.5, 0.6) is 0 Å². The van der Waals surface area contributed by atoms with E-state index in [2.05, 4.69) is 47.1 Å². The molecule has 1 aromatic rings. The van der Waals surface area contributed by atoms with Gasteiger partial charge in [0.2, 0.25) is 0 Å². The SMILES string of the molecule is CCN1C[C@H](c2ccccc2)CC2(CCN(CCC(=O)O)CC2)C1. The Labute approximate surface area is 145 Å². The Morgan fingerprint density at radius 3 is 2.54 bits per heavy atom. The fourth-order valence-electron chi connectivity index (χ4n) is 4.56. The van der Waals surface area contributed by atoms with Gasteiger partial charge in [0.1, 0.15) is 0 Å². The van der Waals surface area contributed by atoms with Crippen molar-refractivity contribution in [1.82, 2.24) is 9.80 Å². The van der Waals surface area contributed by atoms with Gasteiger partial charge in [0.15, 0.2) is 0 Å². The molecule has 132 valence electrons. The molecule has 0 unspecified atom stereocenters. The quantitative estimate of drug-likeness (QED) is 0.901. The molecule has 0 bridgehead atoms. The summed E-state index contributed by atoms with van der Waals surface area (Å²) in [5, 5.41) is 8.88. The number of hydrogen-bond donors (Lipinski definition) is 1. The van der Waals surface area contributed by atoms with E-state index in [-0.39, 0.29) is 6.42 Å². The minimum absolute atomic E-state index is 0.265. The number of nitrogens with zero attached hydrogens (tertiary/aromatic N) is 2. The molecular weight excluding hydrogens is 300 g/mol. The van der Waals surface area contributed by atoms with Crippen LogP contribution >= 0.6 is 0 Å². The van der Waals surface area contributed by atoms with Gasteiger partial charge in [0.25, 0.3) is 0 Å². The molecule has 0 saturated carbocycles. The predicted octanol–water partition coefficient (Wildman–Crippen LogP) is 3.05. The Bertz CT molecular complexity index is 538. The van der Waals surface area contributed by atoms with Crippen molar-refractivity contribution in [2.45, 2.75) is 38.5 Å². The molecule has 1 spiro atoms. The second kappa shape index (κ2) is 7.66. The van der Waals surface area contributed by atoms with Crippen LogP contribution in [0, 0.1) is 5.41 Å². The maximum absolute atomic E-state index is 10.8. The summed E-state index contributed by atoms with van der Waals surface area (Å²) in [6, 6.07) is 11.0. The second-order valence-corrected chi connectivity index (χ2v) is 7.62. The van der Waals surface area contributed by atoms with Crippen molar-refractivity contribution in [1.29, 1.82) is 0 Å². The average Bonchev–Trinajstić information content (AvgIpc) is 2.61. The zero-order valence-corrected chi connectivity index (χ0v) is 14.8. The fourth-order valence-corrected chi connectivity index (χ4v) is 4.56. The smallest absolute Gasteiger partial charge is 0.304 e. The summed E-state index contributed by atoms with van der Waals surface area (Å²) >= 11 is 0. The van der Waals surface area contributed by atoms with Gasteiger partial charge < -0.3 is 14.9 Å². The summed E-state index contributed by atoms with van der Waals surface area (Å²) in [5.74, 6) is -0.0558. The van der Waals surface area contributed by atoms with Gasteiger partial charge in [-0.25, -0.2) is 0 Å². The number of carbonyl (C=O) groups is 1. The zero-order valence-electron chi connectivity index (χ0n) is 14.8. The summed E-state index contributed by atoms with van der Waals surface area (Å²) < 4.78 is 0. The Balaban J connectivity index is 1.65. The molecule has 2 aliphatic heterocycles. The lowest BCUT2D eigenvalue weighted by Crippen LogP contribution is -2.51. The van der Waals surface area contributed by atoms with Crippen molar-refractivity contribution in [3.05, 3.63) is 35.9 Å². The Hall–Kier alpha value is -1.39. The highest BCUT2D eigenvalue weighted by Gasteiger charge is 2.41. The number of likely N-dealkylation sites (N-methyl/N-ethyl adjacent to an activating group) is 1. The third-order valence-electron chi connectivity index (χ3n) is 5.99. The molecule has 24 heavy (non-hydrogen) atoms. The number of hydrogen-bond acceptors (Lipinski definition) is 3. The molecule has 4 heteroatoms. The van der Waals surface area contributed by atoms with Gasteiger partial charge >= 0.3 is 5.97 Å². The number of carboxylic acid groups (broad SMARTS) is 1. The van der Waals surface area contributed by atoms with Crippen LogP contribution in [0.4, 0.5) is 0 Å². The first-order valence-electron chi connectivity index (χ1n) is 9.32. The zero-order chi connectivity index (χ0) is 17.0. The molecular formula is C20H30N2O2. The second-order valence-electron chi connectivity index (χ2n) is 7.62. The molecule has 1 aromatic carbocycles. The lowest BCUT2D eigenvalue weighted by atomic mass is 9.68. The van der Waals surface area contributed by atoms with Gasteiger partial charge in [-0.15, -0.1) is 0 Å². The van der Waals surface area contributed by atoms with E-state index in [1.54, 1.807) is 0 Å². The number of carboxylic acids is 1. The Morgan fingerprint density at radius 2 is 1.92 bits per heavy atom. The highest BCUT2D eigenvalue weighted by Crippen LogP contribution is 2.44. The molecule has 2 saturated heterocycles. The van der Waals surface area contributed by atoms with Gasteiger partial charge in [0, 0.05) is 19.6 Å². The first-order valence-corrected chi connectivity index (χ1v) is 9.32. The minimum Gasteiger partial charge on any atom is -0.481 e. The molecule has 4 nitrogen and oxygen atoms in total. The van der Waals surface area contributed by atoms with Gasteiger partial charge in [-0.2, -0.15) is 0 Å². The monoisotopic (exact) mass is 330 g/mol. The topological polar surface area (TPSA) is 43.8 Å². The predicted molar refractivity (Wildman–Crippen MR) is 96.3 cm³/mol. The number of piperidine rings is 2. The van der Waals surface area contributed by atoms with Crippen molar-refractivity contribution in [3.63, 3.8) is 0 Å². The van der Waals surface area contributed by atoms with E-state index in [1.807, 2.05) is 0 Å². The summed E-state index contributed by atoms with van der Waals surface area (Å²) in [7, 11) is 0. The Kier molecular flexibility index (Phi) is 5.57. The molecule has 3 rings (SSSR count). The van der Waals surface area contributed by atoms with Crippen LogP contribution in [0.2, 0.25) is 0 Å². The maximum Gasteiger partial charge on any atom is 0.304 e. The highest BCUT2D eigenvalue weighted by molar-refractivity contribution is 5.66. The van der Waals surface area contributed by atoms with Crippen molar-refractivity contribution >= 4 is 5.97 Å². The van der Waals surface area contributed by atoms with Crippen LogP contribution in [0.15, 0.2) is 30.3 Å². The van der Waals surface area contributed by atoms with Crippen LogP contribution in [0.3, 0.4) is 0 Å². The molecule has 0 aromatic heterocycles. The van der Waals surface area contributed by atoms with E-state index in [0.717, 1.165) is 19.6 Å². The minimum atomic E-state index is -0.686. The van der Waals surface area contributed by atoms with Crippen LogP contribution in [-0.2, 0) is 4.79 Å². The van der Waals surface area contributed by atoms with Crippen molar-refractivity contribution in [2.75, 3.05) is 39.3 Å². The number of aliphatic carboxylic acids is 1. The summed E-state index contributed by atoms with van der Waals surface area (Å²) in [6.07, 6.45) is 3.94. The van der Waals surface area contributed by atoms with E-state index >= 15 is 0 Å². The maximum atomic E-state index is 10.8. The van der Waals surface area contributed by atoms with Crippen LogP contribution < -0.4 is 0 Å². The van der Waals surface area contributed by atoms with Gasteiger partial charge in [0.05, 0.1) is 6.42 Å². The third kappa shape index (κ3) is 4.17. The lowest BCUT2D eigenvalue weighted by molar-refractivity contribution is -0.137. The van der Waals surface area contributed by atoms with Gasteiger partial charge in [-0.1, -0.05) is 37.3 Å². The van der Waals surface area contributed by atoms with Crippen LogP contribution in [0.1, 0.15) is 44.1 Å². The molecule has 0 radical (unpaired) electrons. The first-order chi connectivity index (χ1) is 11.6. The number of likely N-dealkylation sites (tertiary alicyclic amines) is 2. The van der Waals surface area contributed by atoms with E-state index < -0.39 is 5.97 Å². The van der Waals surface area contributed by atoms with Gasteiger partial charge in [-0.3, -0.25) is 4.79 Å². The van der Waals surface area contributed by atoms with Gasteiger partial charge in [-0.05, 0) is 55.8 Å². The molecule has 2 aliphatic rings. The normalized spacial score (nSPS) is 25.0. The Morgan fingerprint density at radius 1 is 1.21 bits per heavy atom. The number of benzene rings is 1. The fraction of sp³-hybridized carbons (Fsp3) is 0.650. The standard InChI is InChI=1S/C20H30N2O2/c1-2-21-15-18(17-6-4-3-5-7-17)14-20(16-21)9-12-22(13-10-20)11-8-19(23)24/h3-7,18H,2,8-16H2,1H3,(H,23,24)/t18-/m1/s1. The lowest BCUT2D eigenvalue weighted by Gasteiger charge is -2.50. The molecule has 2 fully saturated rings. The van der Waals surface area contributed by atoms with Crippen molar-refractivity contribution in [2.24, 2.45) is 5.41 Å². The summed E-state index contributed by atoms with van der Waals surface area (Å²) in [6.45, 7) is 8.56. The van der Waals surface area contributed by atoms with E-state index in [1.165, 1.54) is 37.9 Å². The summed E-state index contributed by atoms with van der Waals surface area (Å²) in [4.78, 5) is 15.7. The summed E-state index contributed by atoms with van der Waals surface area (Å²) in [5.41, 5.74) is 1.89. The molecule has 0 aliphatic carbocycles. The third-order valence-corrected chi connectivity index (χ3v) is 5.99. The molecule has 0 amide bonds. The van der Waals surface area contributed by atoms with Crippen molar-refractivity contribution < 1.29 is 9.90 Å². The first kappa shape index (κ1) is 17.4. The van der Waals surface area contributed by atoms with Crippen LogP contribution in [0.25, 0.3) is 0 Å². The molecule has 1 atom stereocenters. The molecule has 1 N–H and O–H groups in total. The van der Waals surface area contributed by atoms with E-state index in [0.29, 0.717) is 17.9 Å². The van der Waals surface area contributed by atoms with Crippen LogP contribution in [-0.4, -0.2) is 60.1 Å². The van der Waals surface area contributed by atoms with E-state index in [4.69, 9.17) is 5.11 Å². The average molecular weight is 330 g/mol. The molecule has 2 heterocycles.